The number of allylic oxidation sites excluding steroid dienone is 1. The third-order valence-corrected chi connectivity index (χ3v) is 2.64. The molecule has 0 spiro atoms. The number of H-pyrrole nitrogens is 1. The molecule has 0 unspecified atom stereocenters. The normalized spacial score (nSPS) is 8.50. The molecule has 0 aliphatic carbocycles. The number of aryl methyl sites for hydroxylation is 1. The van der Waals surface area contributed by atoms with Crippen LogP contribution in [0.15, 0.2) is 47.2 Å². The number of benzene rings is 1. The number of nitrogens with zero attached hydrogens (tertiary/aromatic N) is 1. The van der Waals surface area contributed by atoms with Gasteiger partial charge >= 0.3 is 0 Å². The van der Waals surface area contributed by atoms with Crippen LogP contribution in [0.3, 0.4) is 0 Å². The third kappa shape index (κ3) is 16.9. The van der Waals surface area contributed by atoms with Gasteiger partial charge in [0.25, 0.3) is 0 Å². The second kappa shape index (κ2) is 21.1. The number of nitrogens with one attached hydrogen (secondary N) is 1. The maximum Gasteiger partial charge on any atom is 0.103 e. The lowest BCUT2D eigenvalue weighted by atomic mass is 10.2. The van der Waals surface area contributed by atoms with Crippen LogP contribution in [0.5, 0.6) is 0 Å². The zero-order valence-corrected chi connectivity index (χ0v) is 19.0. The first-order chi connectivity index (χ1) is 12.4. The topological polar surface area (TPSA) is 28.1 Å². The number of hydrogen-bond acceptors (Lipinski definition) is 1. The molecule has 0 saturated heterocycles. The Morgan fingerprint density at radius 3 is 1.88 bits per heavy atom. The summed E-state index contributed by atoms with van der Waals surface area (Å²) in [6.45, 7) is 19.5. The van der Waals surface area contributed by atoms with E-state index in [0.29, 0.717) is 5.17 Å². The van der Waals surface area contributed by atoms with Gasteiger partial charge in [-0.25, -0.2) is 4.99 Å². The molecule has 3 heteroatoms. The number of aromatic nitrogens is 1. The highest BCUT2D eigenvalue weighted by Gasteiger charge is 1.93. The van der Waals surface area contributed by atoms with E-state index in [1.807, 2.05) is 61.6 Å². The number of fused-ring (bicyclic) bond motifs is 1. The van der Waals surface area contributed by atoms with Crippen molar-refractivity contribution in [1.82, 2.24) is 4.98 Å². The minimum atomic E-state index is 0.575. The van der Waals surface area contributed by atoms with Crippen LogP contribution < -0.4 is 0 Å². The summed E-state index contributed by atoms with van der Waals surface area (Å²) in [5.74, 6) is 5.36. The first kappa shape index (κ1) is 28.8. The van der Waals surface area contributed by atoms with Crippen molar-refractivity contribution in [3.05, 3.63) is 47.8 Å². The van der Waals surface area contributed by atoms with Gasteiger partial charge in [0.2, 0.25) is 0 Å². The molecule has 0 fully saturated rings. The lowest BCUT2D eigenvalue weighted by Gasteiger charge is -1.92. The largest absolute Gasteiger partial charge is 0.361 e. The number of halogens is 1. The number of hydrogen-bond donors (Lipinski definition) is 1. The average Bonchev–Trinajstić information content (AvgIpc) is 3.14. The molecule has 0 atom stereocenters. The first-order valence-electron chi connectivity index (χ1n) is 9.11. The van der Waals surface area contributed by atoms with E-state index in [9.17, 15) is 0 Å². The Morgan fingerprint density at radius 2 is 1.54 bits per heavy atom. The number of para-hydroxylation sites is 1. The molecular weight excluding hydrogens is 340 g/mol. The van der Waals surface area contributed by atoms with Crippen LogP contribution in [0.1, 0.15) is 67.9 Å². The van der Waals surface area contributed by atoms with E-state index in [0.717, 1.165) is 5.57 Å². The van der Waals surface area contributed by atoms with Gasteiger partial charge in [-0.1, -0.05) is 63.1 Å². The van der Waals surface area contributed by atoms with Crippen LogP contribution in [0, 0.1) is 18.8 Å². The van der Waals surface area contributed by atoms with E-state index in [1.165, 1.54) is 16.5 Å². The maximum absolute atomic E-state index is 5.43. The van der Waals surface area contributed by atoms with Crippen molar-refractivity contribution in [2.45, 2.75) is 69.2 Å². The molecule has 1 aromatic carbocycles. The minimum Gasteiger partial charge on any atom is -0.361 e. The van der Waals surface area contributed by atoms with Crippen molar-refractivity contribution in [1.29, 1.82) is 0 Å². The van der Waals surface area contributed by atoms with Gasteiger partial charge in [-0.05, 0) is 58.6 Å². The monoisotopic (exact) mass is 376 g/mol. The SMILES string of the molecule is CC.CC.CC#CC.CC(C)=CN=C(C)Cl.Cc1cccc2cc[nH]c12. The van der Waals surface area contributed by atoms with Crippen molar-refractivity contribution >= 4 is 27.7 Å². The number of rotatable bonds is 1. The quantitative estimate of drug-likeness (QED) is 0.384. The molecule has 1 N–H and O–H groups in total. The van der Waals surface area contributed by atoms with Gasteiger partial charge in [0.05, 0.1) is 0 Å². The molecular formula is C23H37ClN2. The van der Waals surface area contributed by atoms with Gasteiger partial charge in [-0.2, -0.15) is 0 Å². The first-order valence-corrected chi connectivity index (χ1v) is 9.49. The van der Waals surface area contributed by atoms with Gasteiger partial charge in [-0.15, -0.1) is 11.8 Å². The molecule has 1 heterocycles. The van der Waals surface area contributed by atoms with E-state index < -0.39 is 0 Å². The third-order valence-electron chi connectivity index (χ3n) is 2.55. The number of aliphatic imine (C=N–C) groups is 1. The van der Waals surface area contributed by atoms with E-state index in [2.05, 4.69) is 53.0 Å². The summed E-state index contributed by atoms with van der Waals surface area (Å²) in [5, 5.41) is 1.87. The molecule has 146 valence electrons. The Bertz CT molecular complexity index is 653. The molecule has 2 aromatic rings. The van der Waals surface area contributed by atoms with Crippen LogP contribution in [-0.4, -0.2) is 10.2 Å². The molecule has 0 amide bonds. The standard InChI is InChI=1S/C9H9N.C6H10ClN.C4H6.2C2H6/c1-7-3-2-4-8-5-6-10-9(7)8;1-5(2)4-8-6(3)7;1-3-4-2;2*1-2/h2-6,10H,1H3;4H,1-3H3;1-2H3;2*1-2H3. The Kier molecular flexibility index (Phi) is 23.3. The fourth-order valence-corrected chi connectivity index (χ4v) is 1.51. The summed E-state index contributed by atoms with van der Waals surface area (Å²) in [7, 11) is 0. The van der Waals surface area contributed by atoms with Gasteiger partial charge in [-0.3, -0.25) is 0 Å². The highest BCUT2D eigenvalue weighted by atomic mass is 35.5. The molecule has 26 heavy (non-hydrogen) atoms. The molecule has 0 saturated carbocycles. The summed E-state index contributed by atoms with van der Waals surface area (Å²) < 4.78 is 0. The summed E-state index contributed by atoms with van der Waals surface area (Å²) in [6.07, 6.45) is 3.71. The average molecular weight is 377 g/mol. The molecule has 2 rings (SSSR count). The summed E-state index contributed by atoms with van der Waals surface area (Å²) in [4.78, 5) is 7.03. The highest BCUT2D eigenvalue weighted by Crippen LogP contribution is 2.14. The lowest BCUT2D eigenvalue weighted by Crippen LogP contribution is -1.72. The summed E-state index contributed by atoms with van der Waals surface area (Å²) in [6, 6.07) is 8.38. The Hall–Kier alpha value is -1.98. The number of aromatic amines is 1. The van der Waals surface area contributed by atoms with E-state index in [1.54, 1.807) is 13.1 Å². The van der Waals surface area contributed by atoms with Gasteiger partial charge in [0.15, 0.2) is 0 Å². The molecule has 0 bridgehead atoms. The molecule has 1 aromatic heterocycles. The molecule has 0 radical (unpaired) electrons. The molecule has 2 nitrogen and oxygen atoms in total. The van der Waals surface area contributed by atoms with E-state index >= 15 is 0 Å². The fraction of sp³-hybridized carbons (Fsp3) is 0.435. The molecule has 0 aliphatic rings. The van der Waals surface area contributed by atoms with Crippen molar-refractivity contribution in [3.63, 3.8) is 0 Å². The highest BCUT2D eigenvalue weighted by molar-refractivity contribution is 6.64. The van der Waals surface area contributed by atoms with Gasteiger partial charge in [0, 0.05) is 17.9 Å². The van der Waals surface area contributed by atoms with Crippen molar-refractivity contribution in [2.75, 3.05) is 0 Å². The zero-order valence-electron chi connectivity index (χ0n) is 18.3. The van der Waals surface area contributed by atoms with Crippen molar-refractivity contribution in [3.8, 4) is 11.8 Å². The Morgan fingerprint density at radius 1 is 1.00 bits per heavy atom. The van der Waals surface area contributed by atoms with Crippen molar-refractivity contribution in [2.24, 2.45) is 4.99 Å². The Balaban J connectivity index is -0.000000298. The Labute approximate surface area is 166 Å². The fourth-order valence-electron chi connectivity index (χ4n) is 1.46. The van der Waals surface area contributed by atoms with Crippen LogP contribution in [-0.2, 0) is 0 Å². The summed E-state index contributed by atoms with van der Waals surface area (Å²) >= 11 is 5.43. The van der Waals surface area contributed by atoms with E-state index in [4.69, 9.17) is 11.6 Å². The van der Waals surface area contributed by atoms with Crippen LogP contribution in [0.4, 0.5) is 0 Å². The second-order valence-electron chi connectivity index (χ2n) is 4.85. The van der Waals surface area contributed by atoms with Gasteiger partial charge in [0.1, 0.15) is 5.17 Å². The van der Waals surface area contributed by atoms with E-state index in [-0.39, 0.29) is 0 Å². The van der Waals surface area contributed by atoms with Gasteiger partial charge < -0.3 is 4.98 Å². The minimum absolute atomic E-state index is 0.575. The summed E-state index contributed by atoms with van der Waals surface area (Å²) in [5.41, 5.74) is 3.72. The second-order valence-corrected chi connectivity index (χ2v) is 5.40. The maximum atomic E-state index is 5.43. The zero-order chi connectivity index (χ0) is 21.0. The molecule has 0 aliphatic heterocycles. The predicted octanol–water partition coefficient (Wildman–Crippen LogP) is 8.13. The smallest absolute Gasteiger partial charge is 0.103 e. The predicted molar refractivity (Wildman–Crippen MR) is 123 cm³/mol. The van der Waals surface area contributed by atoms with Crippen LogP contribution in [0.2, 0.25) is 0 Å². The van der Waals surface area contributed by atoms with Crippen LogP contribution >= 0.6 is 11.6 Å². The van der Waals surface area contributed by atoms with Crippen molar-refractivity contribution < 1.29 is 0 Å². The van der Waals surface area contributed by atoms with Crippen LogP contribution in [0.25, 0.3) is 10.9 Å². The lowest BCUT2D eigenvalue weighted by molar-refractivity contribution is 1.34.